The molecule has 0 saturated heterocycles. The molecular formula is C13H13N3O2. The molecule has 2 aromatic rings. The minimum Gasteiger partial charge on any atom is -0.259 e. The SMILES string of the molecule is CC/C(=C\c1ccc(-n2cccn2)cc1)[N+](=O)[O-]. The van der Waals surface area contributed by atoms with Gasteiger partial charge in [-0.25, -0.2) is 4.68 Å². The standard InChI is InChI=1S/C13H13N3O2/c1-2-12(16(17)18)10-11-4-6-13(7-5-11)15-9-3-8-14-15/h3-10H,2H2,1H3/b12-10+. The molecule has 0 bridgehead atoms. The largest absolute Gasteiger partial charge is 0.259 e. The maximum absolute atomic E-state index is 10.7. The Hall–Kier alpha value is -2.43. The average Bonchev–Trinajstić information content (AvgIpc) is 2.90. The molecule has 18 heavy (non-hydrogen) atoms. The Kier molecular flexibility index (Phi) is 3.52. The van der Waals surface area contributed by atoms with Gasteiger partial charge in [0.15, 0.2) is 0 Å². The maximum Gasteiger partial charge on any atom is 0.246 e. The van der Waals surface area contributed by atoms with Crippen molar-refractivity contribution in [2.24, 2.45) is 0 Å². The number of hydrogen-bond donors (Lipinski definition) is 0. The first-order valence-electron chi connectivity index (χ1n) is 5.65. The summed E-state index contributed by atoms with van der Waals surface area (Å²) in [5.41, 5.74) is 1.96. The van der Waals surface area contributed by atoms with Gasteiger partial charge in [-0.3, -0.25) is 10.1 Å². The van der Waals surface area contributed by atoms with Gasteiger partial charge in [-0.05, 0) is 23.8 Å². The van der Waals surface area contributed by atoms with E-state index < -0.39 is 0 Å². The van der Waals surface area contributed by atoms with Gasteiger partial charge in [0.1, 0.15) is 0 Å². The molecule has 0 aliphatic heterocycles. The van der Waals surface area contributed by atoms with Gasteiger partial charge in [0, 0.05) is 24.9 Å². The summed E-state index contributed by atoms with van der Waals surface area (Å²) >= 11 is 0. The molecule has 0 unspecified atom stereocenters. The van der Waals surface area contributed by atoms with Crippen LogP contribution in [0.3, 0.4) is 0 Å². The van der Waals surface area contributed by atoms with E-state index in [0.29, 0.717) is 6.42 Å². The smallest absolute Gasteiger partial charge is 0.246 e. The molecule has 0 radical (unpaired) electrons. The van der Waals surface area contributed by atoms with E-state index in [1.54, 1.807) is 23.9 Å². The normalized spacial score (nSPS) is 11.5. The van der Waals surface area contributed by atoms with Crippen molar-refractivity contribution in [2.75, 3.05) is 0 Å². The number of hydrogen-bond acceptors (Lipinski definition) is 3. The van der Waals surface area contributed by atoms with Crippen molar-refractivity contribution in [3.63, 3.8) is 0 Å². The van der Waals surface area contributed by atoms with Gasteiger partial charge in [-0.1, -0.05) is 19.1 Å². The lowest BCUT2D eigenvalue weighted by atomic mass is 10.1. The predicted octanol–water partition coefficient (Wildman–Crippen LogP) is 2.90. The summed E-state index contributed by atoms with van der Waals surface area (Å²) in [6.07, 6.45) is 5.55. The Morgan fingerprint density at radius 1 is 1.44 bits per heavy atom. The molecule has 0 aliphatic carbocycles. The summed E-state index contributed by atoms with van der Waals surface area (Å²) in [5.74, 6) is 0. The first kappa shape index (κ1) is 12.0. The van der Waals surface area contributed by atoms with Crippen LogP contribution in [-0.2, 0) is 0 Å². The number of nitro groups is 1. The Morgan fingerprint density at radius 3 is 2.67 bits per heavy atom. The van der Waals surface area contributed by atoms with E-state index in [2.05, 4.69) is 5.10 Å². The molecular weight excluding hydrogens is 230 g/mol. The molecule has 0 amide bonds. The molecule has 0 saturated carbocycles. The van der Waals surface area contributed by atoms with E-state index in [-0.39, 0.29) is 10.6 Å². The van der Waals surface area contributed by atoms with Gasteiger partial charge in [0.25, 0.3) is 0 Å². The van der Waals surface area contributed by atoms with Crippen LogP contribution in [0, 0.1) is 10.1 Å². The summed E-state index contributed by atoms with van der Waals surface area (Å²) in [5, 5.41) is 14.8. The van der Waals surface area contributed by atoms with Gasteiger partial charge in [-0.2, -0.15) is 5.10 Å². The van der Waals surface area contributed by atoms with Crippen LogP contribution in [0.4, 0.5) is 0 Å². The van der Waals surface area contributed by atoms with Gasteiger partial charge >= 0.3 is 0 Å². The predicted molar refractivity (Wildman–Crippen MR) is 68.8 cm³/mol. The Morgan fingerprint density at radius 2 is 2.17 bits per heavy atom. The molecule has 0 N–H and O–H groups in total. The van der Waals surface area contributed by atoms with E-state index in [1.807, 2.05) is 36.5 Å². The van der Waals surface area contributed by atoms with Crippen LogP contribution in [0.25, 0.3) is 11.8 Å². The van der Waals surface area contributed by atoms with E-state index >= 15 is 0 Å². The summed E-state index contributed by atoms with van der Waals surface area (Å²) in [6.45, 7) is 1.77. The van der Waals surface area contributed by atoms with E-state index in [0.717, 1.165) is 11.3 Å². The Labute approximate surface area is 105 Å². The zero-order chi connectivity index (χ0) is 13.0. The molecule has 1 aromatic heterocycles. The fourth-order valence-corrected chi connectivity index (χ4v) is 1.62. The molecule has 0 aliphatic rings. The van der Waals surface area contributed by atoms with Crippen molar-refractivity contribution in [2.45, 2.75) is 13.3 Å². The summed E-state index contributed by atoms with van der Waals surface area (Å²) < 4.78 is 1.74. The molecule has 5 nitrogen and oxygen atoms in total. The second-order valence-corrected chi connectivity index (χ2v) is 3.79. The first-order chi connectivity index (χ1) is 8.70. The Balaban J connectivity index is 2.25. The summed E-state index contributed by atoms with van der Waals surface area (Å²) in [4.78, 5) is 10.4. The lowest BCUT2D eigenvalue weighted by molar-refractivity contribution is -0.425. The molecule has 1 heterocycles. The van der Waals surface area contributed by atoms with E-state index in [9.17, 15) is 10.1 Å². The fraction of sp³-hybridized carbons (Fsp3) is 0.154. The van der Waals surface area contributed by atoms with Crippen LogP contribution >= 0.6 is 0 Å². The summed E-state index contributed by atoms with van der Waals surface area (Å²) in [7, 11) is 0. The van der Waals surface area contributed by atoms with Gasteiger partial charge < -0.3 is 0 Å². The number of nitrogens with zero attached hydrogens (tertiary/aromatic N) is 3. The minimum absolute atomic E-state index is 0.210. The number of allylic oxidation sites excluding steroid dienone is 1. The fourth-order valence-electron chi connectivity index (χ4n) is 1.62. The van der Waals surface area contributed by atoms with Crippen LogP contribution in [0.15, 0.2) is 48.4 Å². The van der Waals surface area contributed by atoms with Crippen LogP contribution in [0.5, 0.6) is 0 Å². The molecule has 92 valence electrons. The topological polar surface area (TPSA) is 61.0 Å². The zero-order valence-corrected chi connectivity index (χ0v) is 9.98. The number of benzene rings is 1. The zero-order valence-electron chi connectivity index (χ0n) is 9.98. The van der Waals surface area contributed by atoms with Crippen molar-refractivity contribution in [1.82, 2.24) is 9.78 Å². The monoisotopic (exact) mass is 243 g/mol. The van der Waals surface area contributed by atoms with Crippen LogP contribution < -0.4 is 0 Å². The third kappa shape index (κ3) is 2.63. The van der Waals surface area contributed by atoms with E-state index in [1.165, 1.54) is 0 Å². The van der Waals surface area contributed by atoms with Crippen molar-refractivity contribution in [3.8, 4) is 5.69 Å². The molecule has 5 heteroatoms. The van der Waals surface area contributed by atoms with Crippen LogP contribution in [0.1, 0.15) is 18.9 Å². The number of aromatic nitrogens is 2. The van der Waals surface area contributed by atoms with E-state index in [4.69, 9.17) is 0 Å². The third-order valence-electron chi connectivity index (χ3n) is 2.59. The van der Waals surface area contributed by atoms with Crippen molar-refractivity contribution in [1.29, 1.82) is 0 Å². The third-order valence-corrected chi connectivity index (χ3v) is 2.59. The lowest BCUT2D eigenvalue weighted by Gasteiger charge is -2.01. The van der Waals surface area contributed by atoms with Gasteiger partial charge in [-0.15, -0.1) is 0 Å². The highest BCUT2D eigenvalue weighted by atomic mass is 16.6. The highest BCUT2D eigenvalue weighted by molar-refractivity contribution is 5.53. The second-order valence-electron chi connectivity index (χ2n) is 3.79. The molecule has 1 aromatic carbocycles. The minimum atomic E-state index is -0.346. The molecule has 0 fully saturated rings. The van der Waals surface area contributed by atoms with Crippen LogP contribution in [0.2, 0.25) is 0 Å². The molecule has 0 spiro atoms. The number of rotatable bonds is 4. The average molecular weight is 243 g/mol. The highest BCUT2D eigenvalue weighted by Crippen LogP contribution is 2.13. The van der Waals surface area contributed by atoms with Gasteiger partial charge in [0.05, 0.1) is 10.6 Å². The Bertz CT molecular complexity index is 556. The van der Waals surface area contributed by atoms with Crippen molar-refractivity contribution in [3.05, 3.63) is 64.1 Å². The second kappa shape index (κ2) is 5.27. The quantitative estimate of drug-likeness (QED) is 0.612. The van der Waals surface area contributed by atoms with Crippen LogP contribution in [-0.4, -0.2) is 14.7 Å². The lowest BCUT2D eigenvalue weighted by Crippen LogP contribution is -1.97. The maximum atomic E-state index is 10.7. The first-order valence-corrected chi connectivity index (χ1v) is 5.65. The molecule has 0 atom stereocenters. The molecule has 2 rings (SSSR count). The highest BCUT2D eigenvalue weighted by Gasteiger charge is 2.06. The van der Waals surface area contributed by atoms with Crippen molar-refractivity contribution >= 4 is 6.08 Å². The van der Waals surface area contributed by atoms with Gasteiger partial charge in [0.2, 0.25) is 5.70 Å². The summed E-state index contributed by atoms with van der Waals surface area (Å²) in [6, 6.07) is 9.29. The van der Waals surface area contributed by atoms with Crippen molar-refractivity contribution < 1.29 is 4.92 Å².